The Morgan fingerprint density at radius 1 is 1.36 bits per heavy atom. The van der Waals surface area contributed by atoms with Gasteiger partial charge in [-0.1, -0.05) is 23.5 Å². The molecule has 0 spiro atoms. The van der Waals surface area contributed by atoms with Gasteiger partial charge in [-0.2, -0.15) is 0 Å². The molecule has 2 aromatic rings. The molecule has 4 heteroatoms. The van der Waals surface area contributed by atoms with Crippen LogP contribution in [-0.2, 0) is 0 Å². The predicted molar refractivity (Wildman–Crippen MR) is 43.6 cm³/mol. The Morgan fingerprint density at radius 3 is 2.91 bits per heavy atom. The van der Waals surface area contributed by atoms with Gasteiger partial charge in [0.15, 0.2) is 0 Å². The fourth-order valence-electron chi connectivity index (χ4n) is 0.915. The summed E-state index contributed by atoms with van der Waals surface area (Å²) in [5, 5.41) is 4.15. The average molecular weight is 164 g/mol. The van der Waals surface area contributed by atoms with Gasteiger partial charge in [0.2, 0.25) is 0 Å². The molecule has 0 radical (unpaired) electrons. The van der Waals surface area contributed by atoms with E-state index in [0.29, 0.717) is 5.13 Å². The quantitative estimate of drug-likeness (QED) is 0.631. The maximum absolute atomic E-state index is 5.09. The molecule has 0 bridgehead atoms. The molecule has 0 aliphatic heterocycles. The third kappa shape index (κ3) is 1.01. The van der Waals surface area contributed by atoms with E-state index in [1.54, 1.807) is 0 Å². The van der Waals surface area contributed by atoms with Gasteiger partial charge in [-0.05, 0) is 12.1 Å². The van der Waals surface area contributed by atoms with Crippen LogP contribution in [0.25, 0.3) is 10.2 Å². The van der Waals surface area contributed by atoms with Crippen LogP contribution in [-0.4, -0.2) is 4.98 Å². The van der Waals surface area contributed by atoms with Crippen molar-refractivity contribution in [3.05, 3.63) is 24.3 Å². The molecule has 1 heterocycles. The molecule has 11 heavy (non-hydrogen) atoms. The van der Waals surface area contributed by atoms with Crippen LogP contribution in [0.3, 0.4) is 0 Å². The molecular weight excluding hydrogens is 158 g/mol. The molecule has 1 aromatic heterocycles. The second kappa shape index (κ2) is 2.39. The van der Waals surface area contributed by atoms with Crippen LogP contribution in [0.1, 0.15) is 0 Å². The Hall–Kier alpha value is -1.29. The van der Waals surface area contributed by atoms with Gasteiger partial charge in [0.25, 0.3) is 5.13 Å². The maximum Gasteiger partial charge on any atom is 0.275 e. The van der Waals surface area contributed by atoms with Crippen molar-refractivity contribution in [1.29, 1.82) is 0 Å². The molecule has 0 atom stereocenters. The summed E-state index contributed by atoms with van der Waals surface area (Å²) < 4.78 is 1.12. The largest absolute Gasteiger partial charge is 0.275 e. The standard InChI is InChI=1S/C7H5N3S/c8-10-7-9-5-3-1-2-4-6(5)11-7/h1-4,8H/p+1. The van der Waals surface area contributed by atoms with Gasteiger partial charge in [-0.3, -0.25) is 0 Å². The predicted octanol–water partition coefficient (Wildman–Crippen LogP) is 1.14. The lowest BCUT2D eigenvalue weighted by Crippen LogP contribution is -2.21. The Balaban J connectivity index is 2.78. The molecule has 0 saturated heterocycles. The summed E-state index contributed by atoms with van der Waals surface area (Å²) in [5.41, 5.74) is 6.05. The van der Waals surface area contributed by atoms with Crippen molar-refractivity contribution in [3.8, 4) is 0 Å². The molecule has 2 N–H and O–H groups in total. The van der Waals surface area contributed by atoms with Gasteiger partial charge < -0.3 is 0 Å². The first-order chi connectivity index (χ1) is 5.40. The molecule has 1 aromatic carbocycles. The second-order valence-corrected chi connectivity index (χ2v) is 3.10. The minimum Gasteiger partial charge on any atom is -0.213 e. The Labute approximate surface area is 67.2 Å². The zero-order chi connectivity index (χ0) is 7.68. The van der Waals surface area contributed by atoms with E-state index in [1.807, 2.05) is 24.3 Å². The van der Waals surface area contributed by atoms with Crippen LogP contribution in [0.15, 0.2) is 29.4 Å². The van der Waals surface area contributed by atoms with Crippen LogP contribution in [0.2, 0.25) is 0 Å². The normalized spacial score (nSPS) is 10.2. The number of aromatic nitrogens is 1. The molecule has 54 valence electrons. The summed E-state index contributed by atoms with van der Waals surface area (Å²) >= 11 is 1.49. The summed E-state index contributed by atoms with van der Waals surface area (Å²) in [7, 11) is 0. The van der Waals surface area contributed by atoms with Crippen LogP contribution >= 0.6 is 11.3 Å². The number of benzene rings is 1. The second-order valence-electron chi connectivity index (χ2n) is 2.09. The Morgan fingerprint density at radius 2 is 2.18 bits per heavy atom. The lowest BCUT2D eigenvalue weighted by molar-refractivity contribution is -0.210. The number of para-hydroxylation sites is 1. The molecule has 2 rings (SSSR count). The first-order valence-electron chi connectivity index (χ1n) is 3.16. The third-order valence-corrected chi connectivity index (χ3v) is 2.34. The zero-order valence-electron chi connectivity index (χ0n) is 5.69. The van der Waals surface area contributed by atoms with Gasteiger partial charge in [0.1, 0.15) is 0 Å². The molecule has 0 aliphatic carbocycles. The lowest BCUT2D eigenvalue weighted by atomic mass is 10.3. The van der Waals surface area contributed by atoms with Gasteiger partial charge in [-0.15, -0.1) is 5.53 Å². The molecular formula is C7H6N3S+. The highest BCUT2D eigenvalue weighted by Crippen LogP contribution is 2.26. The van der Waals surface area contributed by atoms with Crippen molar-refractivity contribution in [2.75, 3.05) is 0 Å². The van der Waals surface area contributed by atoms with Crippen molar-refractivity contribution in [2.45, 2.75) is 0 Å². The summed E-state index contributed by atoms with van der Waals surface area (Å²) in [4.78, 5) is 4.16. The highest BCUT2D eigenvalue weighted by Gasteiger charge is 2.01. The number of nitrogens with two attached hydrogens (primary N) is 1. The van der Waals surface area contributed by atoms with E-state index in [-0.39, 0.29) is 0 Å². The third-order valence-electron chi connectivity index (χ3n) is 1.39. The number of thiazole rings is 1. The molecule has 3 nitrogen and oxygen atoms in total. The number of fused-ring (bicyclic) bond motifs is 1. The lowest BCUT2D eigenvalue weighted by Gasteiger charge is -1.80. The highest BCUT2D eigenvalue weighted by molar-refractivity contribution is 7.21. The average Bonchev–Trinajstić information content (AvgIpc) is 2.46. The summed E-state index contributed by atoms with van der Waals surface area (Å²) in [6.07, 6.45) is 0. The van der Waals surface area contributed by atoms with Gasteiger partial charge in [0.05, 0.1) is 10.2 Å². The Bertz CT molecular complexity index is 360. The van der Waals surface area contributed by atoms with E-state index in [9.17, 15) is 0 Å². The molecule has 0 fully saturated rings. The smallest absolute Gasteiger partial charge is 0.213 e. The van der Waals surface area contributed by atoms with E-state index in [1.165, 1.54) is 11.3 Å². The van der Waals surface area contributed by atoms with Gasteiger partial charge in [0, 0.05) is 5.11 Å². The maximum atomic E-state index is 5.09. The molecule has 0 unspecified atom stereocenters. The van der Waals surface area contributed by atoms with E-state index < -0.39 is 0 Å². The van der Waals surface area contributed by atoms with Crippen molar-refractivity contribution in [1.82, 2.24) is 4.98 Å². The highest BCUT2D eigenvalue weighted by atomic mass is 32.1. The summed E-state index contributed by atoms with van der Waals surface area (Å²) in [6.45, 7) is 0. The van der Waals surface area contributed by atoms with Crippen LogP contribution in [0, 0.1) is 0 Å². The number of nitrogens with zero attached hydrogens (tertiary/aromatic N) is 2. The van der Waals surface area contributed by atoms with Crippen molar-refractivity contribution < 1.29 is 5.53 Å². The number of hydrogen-bond donors (Lipinski definition) is 1. The van der Waals surface area contributed by atoms with E-state index in [2.05, 4.69) is 10.1 Å². The van der Waals surface area contributed by atoms with Crippen molar-refractivity contribution >= 4 is 26.7 Å². The monoisotopic (exact) mass is 164 g/mol. The van der Waals surface area contributed by atoms with Gasteiger partial charge >= 0.3 is 0 Å². The number of hydrogen-bond acceptors (Lipinski definition) is 3. The first-order valence-corrected chi connectivity index (χ1v) is 3.98. The minimum atomic E-state index is 0.631. The minimum absolute atomic E-state index is 0.631. The Kier molecular flexibility index (Phi) is 1.40. The fraction of sp³-hybridized carbons (Fsp3) is 0. The number of rotatable bonds is 1. The van der Waals surface area contributed by atoms with Crippen LogP contribution in [0.4, 0.5) is 5.13 Å². The summed E-state index contributed by atoms with van der Waals surface area (Å²) in [6, 6.07) is 7.87. The van der Waals surface area contributed by atoms with Crippen molar-refractivity contribution in [3.63, 3.8) is 0 Å². The first kappa shape index (κ1) is 6.42. The SMILES string of the molecule is [NH2+]=Nc1nc2ccccc2s1. The fourth-order valence-corrected chi connectivity index (χ4v) is 1.67. The van der Waals surface area contributed by atoms with E-state index >= 15 is 0 Å². The van der Waals surface area contributed by atoms with Crippen LogP contribution < -0.4 is 5.53 Å². The van der Waals surface area contributed by atoms with E-state index in [0.717, 1.165) is 10.2 Å². The molecule has 0 amide bonds. The summed E-state index contributed by atoms with van der Waals surface area (Å²) in [5.74, 6) is 0. The van der Waals surface area contributed by atoms with Crippen LogP contribution in [0.5, 0.6) is 0 Å². The molecule has 0 aliphatic rings. The van der Waals surface area contributed by atoms with Gasteiger partial charge in [-0.25, -0.2) is 4.98 Å². The zero-order valence-corrected chi connectivity index (χ0v) is 6.51. The van der Waals surface area contributed by atoms with Crippen molar-refractivity contribution in [2.24, 2.45) is 5.11 Å². The molecule has 0 saturated carbocycles. The topological polar surface area (TPSA) is 50.8 Å². The van der Waals surface area contributed by atoms with E-state index in [4.69, 9.17) is 5.53 Å².